The number of carbonyl (C=O) groups is 1. The molecule has 7 nitrogen and oxygen atoms in total. The van der Waals surface area contributed by atoms with Gasteiger partial charge in [-0.2, -0.15) is 0 Å². The number of rotatable bonds is 4. The second-order valence-electron chi connectivity index (χ2n) is 8.85. The molecule has 3 heterocycles. The van der Waals surface area contributed by atoms with Gasteiger partial charge in [-0.1, -0.05) is 26.8 Å². The number of ether oxygens (including phenoxy) is 2. The number of para-hydroxylation sites is 1. The normalized spacial score (nSPS) is 14.7. The Morgan fingerprint density at radius 1 is 0.968 bits per heavy atom. The van der Waals surface area contributed by atoms with Gasteiger partial charge >= 0.3 is 0 Å². The molecule has 1 saturated heterocycles. The van der Waals surface area contributed by atoms with Crippen LogP contribution in [0.5, 0.6) is 11.5 Å². The molecule has 0 aliphatic carbocycles. The van der Waals surface area contributed by atoms with Crippen molar-refractivity contribution in [1.82, 2.24) is 14.3 Å². The van der Waals surface area contributed by atoms with Gasteiger partial charge in [-0.3, -0.25) is 4.79 Å². The summed E-state index contributed by atoms with van der Waals surface area (Å²) >= 11 is 0. The van der Waals surface area contributed by atoms with Crippen LogP contribution in [0.1, 0.15) is 36.8 Å². The van der Waals surface area contributed by atoms with Crippen molar-refractivity contribution in [2.24, 2.45) is 0 Å². The van der Waals surface area contributed by atoms with Gasteiger partial charge in [0.15, 0.2) is 11.5 Å². The first-order valence-corrected chi connectivity index (χ1v) is 10.6. The summed E-state index contributed by atoms with van der Waals surface area (Å²) in [5, 5.41) is 0. The lowest BCUT2D eigenvalue weighted by atomic mass is 9.93. The number of hydrogen-bond donors (Lipinski definition) is 0. The number of nitrogens with zero attached hydrogens (tertiary/aromatic N) is 4. The Kier molecular flexibility index (Phi) is 5.52. The van der Waals surface area contributed by atoms with Crippen LogP contribution in [0.25, 0.3) is 5.65 Å². The van der Waals surface area contributed by atoms with E-state index in [-0.39, 0.29) is 11.3 Å². The summed E-state index contributed by atoms with van der Waals surface area (Å²) in [4.78, 5) is 22.0. The van der Waals surface area contributed by atoms with E-state index in [9.17, 15) is 4.79 Å². The number of carbonyl (C=O) groups excluding carboxylic acids is 1. The number of piperazine rings is 1. The molecule has 0 spiro atoms. The molecule has 0 unspecified atom stereocenters. The van der Waals surface area contributed by atoms with Crippen LogP contribution in [0.4, 0.5) is 5.69 Å². The number of pyridine rings is 1. The largest absolute Gasteiger partial charge is 0.493 e. The van der Waals surface area contributed by atoms with Gasteiger partial charge < -0.3 is 23.7 Å². The number of imidazole rings is 1. The second-order valence-corrected chi connectivity index (χ2v) is 8.85. The molecule has 0 N–H and O–H groups in total. The SMILES string of the molecule is COc1cccc(C(=O)N2CCN(c3ccc4nc(C(C)(C)C)cn4c3)CC2)c1OC. The summed E-state index contributed by atoms with van der Waals surface area (Å²) in [5.41, 5.74) is 3.71. The van der Waals surface area contributed by atoms with Gasteiger partial charge in [-0.05, 0) is 24.3 Å². The molecule has 0 saturated carbocycles. The van der Waals surface area contributed by atoms with Gasteiger partial charge in [-0.15, -0.1) is 0 Å². The monoisotopic (exact) mass is 422 g/mol. The van der Waals surface area contributed by atoms with E-state index in [0.717, 1.165) is 30.1 Å². The molecule has 0 bridgehead atoms. The highest BCUT2D eigenvalue weighted by Gasteiger charge is 2.26. The van der Waals surface area contributed by atoms with Gasteiger partial charge in [0.05, 0.1) is 31.2 Å². The zero-order valence-corrected chi connectivity index (χ0v) is 18.9. The van der Waals surface area contributed by atoms with Crippen LogP contribution in [0.2, 0.25) is 0 Å². The molecule has 4 rings (SSSR count). The molecule has 1 aliphatic rings. The standard InChI is InChI=1S/C24H30N4O3/c1-24(2,3)20-16-28-15-17(9-10-21(28)25-20)26-11-13-27(14-12-26)23(29)18-7-6-8-19(30-4)22(18)31-5/h6-10,15-16H,11-14H2,1-5H3. The Balaban J connectivity index is 1.48. The van der Waals surface area contributed by atoms with Crippen LogP contribution in [-0.4, -0.2) is 60.6 Å². The molecule has 1 aliphatic heterocycles. The van der Waals surface area contributed by atoms with Crippen molar-refractivity contribution in [2.45, 2.75) is 26.2 Å². The fourth-order valence-corrected chi connectivity index (χ4v) is 3.92. The molecular formula is C24H30N4O3. The zero-order valence-electron chi connectivity index (χ0n) is 18.9. The van der Waals surface area contributed by atoms with E-state index in [1.165, 1.54) is 0 Å². The van der Waals surface area contributed by atoms with Gasteiger partial charge in [0.1, 0.15) is 5.65 Å². The van der Waals surface area contributed by atoms with Crippen molar-refractivity contribution in [3.05, 3.63) is 54.0 Å². The average molecular weight is 423 g/mol. The first kappa shape index (κ1) is 21.0. The first-order chi connectivity index (χ1) is 14.8. The predicted octanol–water partition coefficient (Wildman–Crippen LogP) is 3.61. The van der Waals surface area contributed by atoms with Gasteiger partial charge in [0, 0.05) is 44.0 Å². The van der Waals surface area contributed by atoms with Gasteiger partial charge in [-0.25, -0.2) is 4.98 Å². The summed E-state index contributed by atoms with van der Waals surface area (Å²) in [6.45, 7) is 9.34. The van der Waals surface area contributed by atoms with Crippen molar-refractivity contribution in [2.75, 3.05) is 45.3 Å². The molecule has 164 valence electrons. The average Bonchev–Trinajstić information content (AvgIpc) is 3.22. The quantitative estimate of drug-likeness (QED) is 0.643. The van der Waals surface area contributed by atoms with E-state index in [2.05, 4.69) is 54.6 Å². The Morgan fingerprint density at radius 2 is 1.71 bits per heavy atom. The number of benzene rings is 1. The van der Waals surface area contributed by atoms with Crippen LogP contribution >= 0.6 is 0 Å². The van der Waals surface area contributed by atoms with Crippen LogP contribution in [0.15, 0.2) is 42.7 Å². The number of methoxy groups -OCH3 is 2. The lowest BCUT2D eigenvalue weighted by molar-refractivity contribution is 0.0742. The summed E-state index contributed by atoms with van der Waals surface area (Å²) in [6.07, 6.45) is 4.23. The van der Waals surface area contributed by atoms with E-state index >= 15 is 0 Å². The number of anilines is 1. The highest BCUT2D eigenvalue weighted by atomic mass is 16.5. The van der Waals surface area contributed by atoms with Crippen molar-refractivity contribution >= 4 is 17.2 Å². The smallest absolute Gasteiger partial charge is 0.257 e. The van der Waals surface area contributed by atoms with E-state index in [1.54, 1.807) is 26.4 Å². The molecular weight excluding hydrogens is 392 g/mol. The Morgan fingerprint density at radius 3 is 2.35 bits per heavy atom. The first-order valence-electron chi connectivity index (χ1n) is 10.6. The highest BCUT2D eigenvalue weighted by molar-refractivity contribution is 5.98. The number of amides is 1. The highest BCUT2D eigenvalue weighted by Crippen LogP contribution is 2.32. The molecule has 31 heavy (non-hydrogen) atoms. The molecule has 2 aromatic heterocycles. The van der Waals surface area contributed by atoms with Gasteiger partial charge in [0.25, 0.3) is 5.91 Å². The van der Waals surface area contributed by atoms with E-state index in [1.807, 2.05) is 11.0 Å². The molecule has 1 aromatic carbocycles. The summed E-state index contributed by atoms with van der Waals surface area (Å²) in [5.74, 6) is 1.02. The summed E-state index contributed by atoms with van der Waals surface area (Å²) in [7, 11) is 3.14. The zero-order chi connectivity index (χ0) is 22.2. The second kappa shape index (κ2) is 8.13. The maximum Gasteiger partial charge on any atom is 0.257 e. The molecule has 0 radical (unpaired) electrons. The van der Waals surface area contributed by atoms with E-state index in [4.69, 9.17) is 14.5 Å². The maximum atomic E-state index is 13.1. The summed E-state index contributed by atoms with van der Waals surface area (Å²) in [6, 6.07) is 9.57. The fraction of sp³-hybridized carbons (Fsp3) is 0.417. The topological polar surface area (TPSA) is 59.3 Å². The van der Waals surface area contributed by atoms with Crippen LogP contribution in [-0.2, 0) is 5.41 Å². The minimum Gasteiger partial charge on any atom is -0.493 e. The Bertz CT molecular complexity index is 1090. The maximum absolute atomic E-state index is 13.1. The third-order valence-corrected chi connectivity index (χ3v) is 5.77. The molecule has 7 heteroatoms. The van der Waals surface area contributed by atoms with Gasteiger partial charge in [0.2, 0.25) is 0 Å². The number of hydrogen-bond acceptors (Lipinski definition) is 5. The molecule has 1 fully saturated rings. The Labute approximate surface area is 183 Å². The van der Waals surface area contributed by atoms with E-state index in [0.29, 0.717) is 30.2 Å². The third kappa shape index (κ3) is 4.04. The van der Waals surface area contributed by atoms with Crippen molar-refractivity contribution in [1.29, 1.82) is 0 Å². The summed E-state index contributed by atoms with van der Waals surface area (Å²) < 4.78 is 12.9. The van der Waals surface area contributed by atoms with Crippen molar-refractivity contribution in [3.8, 4) is 11.5 Å². The van der Waals surface area contributed by atoms with Crippen LogP contribution in [0.3, 0.4) is 0 Å². The minimum atomic E-state index is -0.0321. The predicted molar refractivity (Wildman–Crippen MR) is 122 cm³/mol. The molecule has 0 atom stereocenters. The molecule has 3 aromatic rings. The molecule has 1 amide bonds. The van der Waals surface area contributed by atoms with E-state index < -0.39 is 0 Å². The van der Waals surface area contributed by atoms with Crippen LogP contribution in [0, 0.1) is 0 Å². The van der Waals surface area contributed by atoms with Crippen LogP contribution < -0.4 is 14.4 Å². The van der Waals surface area contributed by atoms with Crippen molar-refractivity contribution < 1.29 is 14.3 Å². The number of aromatic nitrogens is 2. The van der Waals surface area contributed by atoms with Crippen molar-refractivity contribution in [3.63, 3.8) is 0 Å². The number of fused-ring (bicyclic) bond motifs is 1. The minimum absolute atomic E-state index is 0.0132. The fourth-order valence-electron chi connectivity index (χ4n) is 3.92. The Hall–Kier alpha value is -3.22. The lowest BCUT2D eigenvalue weighted by Gasteiger charge is -2.36. The lowest BCUT2D eigenvalue weighted by Crippen LogP contribution is -2.48. The third-order valence-electron chi connectivity index (χ3n) is 5.77.